The van der Waals surface area contributed by atoms with Gasteiger partial charge in [-0.15, -0.1) is 12.4 Å². The highest BCUT2D eigenvalue weighted by Crippen LogP contribution is 2.21. The maximum Gasteiger partial charge on any atom is 0.225 e. The normalized spacial score (nSPS) is 16.5. The molecule has 25 heavy (non-hydrogen) atoms. The summed E-state index contributed by atoms with van der Waals surface area (Å²) >= 11 is 0. The van der Waals surface area contributed by atoms with Crippen LogP contribution in [-0.4, -0.2) is 50.0 Å². The molecule has 1 saturated heterocycles. The van der Waals surface area contributed by atoms with Crippen molar-refractivity contribution in [3.8, 4) is 5.75 Å². The Labute approximate surface area is 155 Å². The standard InChI is InChI=1S/C18H27N3O3.ClH/c1-3-8-19-9-10-20-18(23)15-11-17(22)21(13-15)12-14-4-6-16(24-2)7-5-14;/h4-7,15,19H,3,8-13H2,1-2H3,(H,20,23);1H. The summed E-state index contributed by atoms with van der Waals surface area (Å²) in [6.45, 7) is 5.43. The van der Waals surface area contributed by atoms with Gasteiger partial charge in [0.05, 0.1) is 13.0 Å². The lowest BCUT2D eigenvalue weighted by molar-refractivity contribution is -0.129. The molecule has 2 amide bonds. The molecule has 6 nitrogen and oxygen atoms in total. The quantitative estimate of drug-likeness (QED) is 0.648. The van der Waals surface area contributed by atoms with Crippen LogP contribution in [-0.2, 0) is 16.1 Å². The fraction of sp³-hybridized carbons (Fsp3) is 0.556. The van der Waals surface area contributed by atoms with Crippen LogP contribution in [0.5, 0.6) is 5.75 Å². The third-order valence-corrected chi connectivity index (χ3v) is 4.15. The fourth-order valence-electron chi connectivity index (χ4n) is 2.77. The van der Waals surface area contributed by atoms with E-state index >= 15 is 0 Å². The summed E-state index contributed by atoms with van der Waals surface area (Å²) in [5, 5.41) is 6.14. The summed E-state index contributed by atoms with van der Waals surface area (Å²) in [7, 11) is 1.62. The second kappa shape index (κ2) is 10.9. The number of halogens is 1. The minimum absolute atomic E-state index is 0. The van der Waals surface area contributed by atoms with Gasteiger partial charge in [-0.3, -0.25) is 9.59 Å². The highest BCUT2D eigenvalue weighted by atomic mass is 35.5. The molecule has 7 heteroatoms. The molecule has 140 valence electrons. The third-order valence-electron chi connectivity index (χ3n) is 4.15. The first-order chi connectivity index (χ1) is 11.6. The average Bonchev–Trinajstić information content (AvgIpc) is 2.96. The van der Waals surface area contributed by atoms with Crippen LogP contribution in [0.15, 0.2) is 24.3 Å². The number of nitrogens with one attached hydrogen (secondary N) is 2. The summed E-state index contributed by atoms with van der Waals surface area (Å²) in [5.41, 5.74) is 1.04. The molecule has 0 aromatic heterocycles. The number of methoxy groups -OCH3 is 1. The number of amides is 2. The summed E-state index contributed by atoms with van der Waals surface area (Å²) in [4.78, 5) is 26.1. The van der Waals surface area contributed by atoms with Crippen LogP contribution in [0.25, 0.3) is 0 Å². The SMILES string of the molecule is CCCNCCNC(=O)C1CC(=O)N(Cc2ccc(OC)cc2)C1.Cl. The highest BCUT2D eigenvalue weighted by molar-refractivity contribution is 5.89. The lowest BCUT2D eigenvalue weighted by Gasteiger charge is -2.17. The predicted molar refractivity (Wildman–Crippen MR) is 99.9 cm³/mol. The Balaban J connectivity index is 0.00000312. The second-order valence-electron chi connectivity index (χ2n) is 6.06. The molecule has 1 aromatic carbocycles. The molecule has 0 aliphatic carbocycles. The summed E-state index contributed by atoms with van der Waals surface area (Å²) < 4.78 is 5.13. The molecular weight excluding hydrogens is 342 g/mol. The molecule has 1 aromatic rings. The van der Waals surface area contributed by atoms with Gasteiger partial charge in [0, 0.05) is 32.6 Å². The van der Waals surface area contributed by atoms with Crippen molar-refractivity contribution in [1.82, 2.24) is 15.5 Å². The lowest BCUT2D eigenvalue weighted by atomic mass is 10.1. The first kappa shape index (κ1) is 21.3. The molecule has 0 saturated carbocycles. The van der Waals surface area contributed by atoms with Crippen LogP contribution < -0.4 is 15.4 Å². The molecule has 0 radical (unpaired) electrons. The summed E-state index contributed by atoms with van der Waals surface area (Å²) in [5.74, 6) is 0.552. The number of carbonyl (C=O) groups is 2. The number of likely N-dealkylation sites (tertiary alicyclic amines) is 1. The van der Waals surface area contributed by atoms with E-state index < -0.39 is 0 Å². The summed E-state index contributed by atoms with van der Waals surface area (Å²) in [6.07, 6.45) is 1.37. The molecule has 1 heterocycles. The van der Waals surface area contributed by atoms with Gasteiger partial charge >= 0.3 is 0 Å². The molecule has 2 rings (SSSR count). The number of hydrogen-bond donors (Lipinski definition) is 2. The molecule has 2 N–H and O–H groups in total. The third kappa shape index (κ3) is 6.55. The number of ether oxygens (including phenoxy) is 1. The van der Waals surface area contributed by atoms with Crippen molar-refractivity contribution >= 4 is 24.2 Å². The maximum absolute atomic E-state index is 12.2. The van der Waals surface area contributed by atoms with Gasteiger partial charge in [-0.1, -0.05) is 19.1 Å². The van der Waals surface area contributed by atoms with E-state index in [0.717, 1.165) is 30.8 Å². The van der Waals surface area contributed by atoms with Gasteiger partial charge in [0.1, 0.15) is 5.75 Å². The monoisotopic (exact) mass is 369 g/mol. The minimum Gasteiger partial charge on any atom is -0.497 e. The minimum atomic E-state index is -0.248. The molecule has 1 fully saturated rings. The average molecular weight is 370 g/mol. The number of hydrogen-bond acceptors (Lipinski definition) is 4. The van der Waals surface area contributed by atoms with Crippen LogP contribution in [0.1, 0.15) is 25.3 Å². The van der Waals surface area contributed by atoms with E-state index in [2.05, 4.69) is 17.6 Å². The smallest absolute Gasteiger partial charge is 0.225 e. The molecule has 0 spiro atoms. The molecule has 1 aliphatic heterocycles. The van der Waals surface area contributed by atoms with Crippen LogP contribution >= 0.6 is 12.4 Å². The zero-order valence-corrected chi connectivity index (χ0v) is 15.7. The van der Waals surface area contributed by atoms with Crippen molar-refractivity contribution in [3.63, 3.8) is 0 Å². The van der Waals surface area contributed by atoms with Gasteiger partial charge in [-0.05, 0) is 30.7 Å². The largest absolute Gasteiger partial charge is 0.497 e. The van der Waals surface area contributed by atoms with Gasteiger partial charge in [-0.25, -0.2) is 0 Å². The predicted octanol–water partition coefficient (Wildman–Crippen LogP) is 1.58. The van der Waals surface area contributed by atoms with Crippen molar-refractivity contribution in [2.45, 2.75) is 26.3 Å². The van der Waals surface area contributed by atoms with E-state index in [1.807, 2.05) is 24.3 Å². The van der Waals surface area contributed by atoms with E-state index in [0.29, 0.717) is 26.1 Å². The Morgan fingerprint density at radius 1 is 1.24 bits per heavy atom. The van der Waals surface area contributed by atoms with Crippen LogP contribution in [0, 0.1) is 5.92 Å². The van der Waals surface area contributed by atoms with Crippen LogP contribution in [0.4, 0.5) is 0 Å². The highest BCUT2D eigenvalue weighted by Gasteiger charge is 2.33. The van der Waals surface area contributed by atoms with Crippen molar-refractivity contribution in [2.75, 3.05) is 33.3 Å². The zero-order valence-electron chi connectivity index (χ0n) is 14.9. The Morgan fingerprint density at radius 2 is 1.96 bits per heavy atom. The van der Waals surface area contributed by atoms with Crippen molar-refractivity contribution < 1.29 is 14.3 Å². The number of carbonyl (C=O) groups excluding carboxylic acids is 2. The number of nitrogens with zero attached hydrogens (tertiary/aromatic N) is 1. The van der Waals surface area contributed by atoms with E-state index in [1.54, 1.807) is 12.0 Å². The maximum atomic E-state index is 12.2. The van der Waals surface area contributed by atoms with Gasteiger partial charge in [0.25, 0.3) is 0 Å². The summed E-state index contributed by atoms with van der Waals surface area (Å²) in [6, 6.07) is 7.64. The first-order valence-electron chi connectivity index (χ1n) is 8.53. The van der Waals surface area contributed by atoms with Crippen molar-refractivity contribution in [3.05, 3.63) is 29.8 Å². The fourth-order valence-corrected chi connectivity index (χ4v) is 2.77. The molecule has 1 atom stereocenters. The Bertz CT molecular complexity index is 551. The Kier molecular flexibility index (Phi) is 9.31. The topological polar surface area (TPSA) is 70.7 Å². The number of rotatable bonds is 9. The van der Waals surface area contributed by atoms with Gasteiger partial charge in [0.2, 0.25) is 11.8 Å². The van der Waals surface area contributed by atoms with E-state index in [1.165, 1.54) is 0 Å². The molecule has 0 bridgehead atoms. The van der Waals surface area contributed by atoms with E-state index in [9.17, 15) is 9.59 Å². The van der Waals surface area contributed by atoms with Crippen molar-refractivity contribution in [2.24, 2.45) is 5.92 Å². The van der Waals surface area contributed by atoms with E-state index in [-0.39, 0.29) is 30.1 Å². The molecule has 1 aliphatic rings. The first-order valence-corrected chi connectivity index (χ1v) is 8.53. The Morgan fingerprint density at radius 3 is 2.60 bits per heavy atom. The van der Waals surface area contributed by atoms with Gasteiger partial charge in [0.15, 0.2) is 0 Å². The lowest BCUT2D eigenvalue weighted by Crippen LogP contribution is -2.37. The van der Waals surface area contributed by atoms with Crippen LogP contribution in [0.3, 0.4) is 0 Å². The molecular formula is C18H28ClN3O3. The zero-order chi connectivity index (χ0) is 17.4. The molecule has 1 unspecified atom stereocenters. The van der Waals surface area contributed by atoms with Gasteiger partial charge in [-0.2, -0.15) is 0 Å². The second-order valence-corrected chi connectivity index (χ2v) is 6.06. The number of benzene rings is 1. The van der Waals surface area contributed by atoms with Crippen molar-refractivity contribution in [1.29, 1.82) is 0 Å². The van der Waals surface area contributed by atoms with Gasteiger partial charge < -0.3 is 20.3 Å². The van der Waals surface area contributed by atoms with Crippen LogP contribution in [0.2, 0.25) is 0 Å². The Hall–Kier alpha value is -1.79. The van der Waals surface area contributed by atoms with E-state index in [4.69, 9.17) is 4.74 Å².